The molecule has 0 spiro atoms. The van der Waals surface area contributed by atoms with E-state index in [1.165, 1.54) is 0 Å². The molecule has 0 atom stereocenters. The van der Waals surface area contributed by atoms with Crippen LogP contribution in [0.3, 0.4) is 0 Å². The highest BCUT2D eigenvalue weighted by Gasteiger charge is 2.19. The molecule has 0 saturated heterocycles. The first-order valence-corrected chi connectivity index (χ1v) is 7.05. The van der Waals surface area contributed by atoms with Crippen LogP contribution in [0.1, 0.15) is 17.3 Å². The summed E-state index contributed by atoms with van der Waals surface area (Å²) in [5.41, 5.74) is -0.758. The average molecular weight is 304 g/mol. The molecule has 20 heavy (non-hydrogen) atoms. The summed E-state index contributed by atoms with van der Waals surface area (Å²) in [5.74, 6) is -3.15. The molecule has 1 aromatic rings. The molecule has 0 bridgehead atoms. The van der Waals surface area contributed by atoms with Crippen LogP contribution >= 0.6 is 0 Å². The minimum Gasteiger partial charge on any atom is -0.478 e. The molecule has 0 aliphatic heterocycles. The lowest BCUT2D eigenvalue weighted by atomic mass is 10.2. The van der Waals surface area contributed by atoms with Crippen LogP contribution in [0.15, 0.2) is 23.1 Å². The Morgan fingerprint density at radius 2 is 2.00 bits per heavy atom. The van der Waals surface area contributed by atoms with Crippen LogP contribution in [0.25, 0.3) is 0 Å². The van der Waals surface area contributed by atoms with Gasteiger partial charge in [-0.25, -0.2) is 22.3 Å². The highest BCUT2D eigenvalue weighted by atomic mass is 32.2. The van der Waals surface area contributed by atoms with Gasteiger partial charge >= 0.3 is 5.97 Å². The van der Waals surface area contributed by atoms with Crippen molar-refractivity contribution in [2.24, 2.45) is 0 Å². The van der Waals surface area contributed by atoms with Crippen molar-refractivity contribution in [3.63, 3.8) is 0 Å². The minimum absolute atomic E-state index is 0.347. The fraction of sp³-hybridized carbons (Fsp3) is 0.273. The summed E-state index contributed by atoms with van der Waals surface area (Å²) in [6, 6.07) is 2.35. The molecule has 0 aliphatic rings. The second-order valence-electron chi connectivity index (χ2n) is 3.72. The van der Waals surface area contributed by atoms with Gasteiger partial charge in [0.2, 0.25) is 15.9 Å². The normalized spacial score (nSPS) is 11.1. The van der Waals surface area contributed by atoms with Gasteiger partial charge in [0, 0.05) is 6.54 Å². The molecule has 9 heteroatoms. The minimum atomic E-state index is -4.09. The highest BCUT2D eigenvalue weighted by molar-refractivity contribution is 7.89. The summed E-state index contributed by atoms with van der Waals surface area (Å²) < 4.78 is 38.8. The predicted octanol–water partition coefficient (Wildman–Crippen LogP) is -0.0617. The van der Waals surface area contributed by atoms with E-state index in [-0.39, 0.29) is 0 Å². The summed E-state index contributed by atoms with van der Waals surface area (Å²) in [6.07, 6.45) is 0. The monoisotopic (exact) mass is 304 g/mol. The molecule has 0 aliphatic carbocycles. The lowest BCUT2D eigenvalue weighted by Gasteiger charge is -2.07. The molecule has 1 rings (SSSR count). The van der Waals surface area contributed by atoms with E-state index in [0.29, 0.717) is 12.6 Å². The number of halogens is 1. The van der Waals surface area contributed by atoms with Gasteiger partial charge in [0.25, 0.3) is 0 Å². The largest absolute Gasteiger partial charge is 0.478 e. The Kier molecular flexibility index (Phi) is 5.17. The van der Waals surface area contributed by atoms with Crippen molar-refractivity contribution in [2.75, 3.05) is 13.1 Å². The number of aromatic carboxylic acids is 1. The third-order valence-corrected chi connectivity index (χ3v) is 3.67. The van der Waals surface area contributed by atoms with E-state index in [9.17, 15) is 22.4 Å². The molecular weight excluding hydrogens is 291 g/mol. The number of nitrogens with one attached hydrogen (secondary N) is 2. The second-order valence-corrected chi connectivity index (χ2v) is 5.49. The summed E-state index contributed by atoms with van der Waals surface area (Å²) in [7, 11) is -4.09. The lowest BCUT2D eigenvalue weighted by Crippen LogP contribution is -2.36. The zero-order valence-corrected chi connectivity index (χ0v) is 11.3. The number of benzene rings is 1. The average Bonchev–Trinajstić information content (AvgIpc) is 2.37. The smallest absolute Gasteiger partial charge is 0.338 e. The van der Waals surface area contributed by atoms with Crippen molar-refractivity contribution in [1.29, 1.82) is 0 Å². The SMILES string of the molecule is CCNC(=O)CNS(=O)(=O)c1ccc(F)c(C(=O)O)c1. The Morgan fingerprint density at radius 3 is 2.55 bits per heavy atom. The van der Waals surface area contributed by atoms with E-state index in [1.807, 2.05) is 4.72 Å². The highest BCUT2D eigenvalue weighted by Crippen LogP contribution is 2.15. The van der Waals surface area contributed by atoms with Gasteiger partial charge in [-0.3, -0.25) is 4.79 Å². The van der Waals surface area contributed by atoms with Crippen molar-refractivity contribution in [3.05, 3.63) is 29.6 Å². The number of hydrogen-bond donors (Lipinski definition) is 3. The first-order chi connectivity index (χ1) is 9.27. The second kappa shape index (κ2) is 6.44. The Bertz CT molecular complexity index is 630. The predicted molar refractivity (Wildman–Crippen MR) is 67.2 cm³/mol. The number of rotatable bonds is 6. The number of carboxylic acid groups (broad SMARTS) is 1. The number of amides is 1. The van der Waals surface area contributed by atoms with Crippen molar-refractivity contribution in [2.45, 2.75) is 11.8 Å². The zero-order valence-electron chi connectivity index (χ0n) is 10.5. The van der Waals surface area contributed by atoms with Crippen LogP contribution in [-0.2, 0) is 14.8 Å². The van der Waals surface area contributed by atoms with Gasteiger partial charge < -0.3 is 10.4 Å². The van der Waals surface area contributed by atoms with Crippen molar-refractivity contribution < 1.29 is 27.5 Å². The van der Waals surface area contributed by atoms with Crippen LogP contribution in [0.5, 0.6) is 0 Å². The summed E-state index contributed by atoms with van der Waals surface area (Å²) in [6.45, 7) is 1.53. The fourth-order valence-electron chi connectivity index (χ4n) is 1.34. The molecule has 7 nitrogen and oxygen atoms in total. The quantitative estimate of drug-likeness (QED) is 0.681. The van der Waals surface area contributed by atoms with Crippen LogP contribution in [-0.4, -0.2) is 38.5 Å². The maximum Gasteiger partial charge on any atom is 0.338 e. The Morgan fingerprint density at radius 1 is 1.35 bits per heavy atom. The van der Waals surface area contributed by atoms with E-state index >= 15 is 0 Å². The molecule has 110 valence electrons. The summed E-state index contributed by atoms with van der Waals surface area (Å²) in [4.78, 5) is 21.5. The van der Waals surface area contributed by atoms with E-state index in [4.69, 9.17) is 5.11 Å². The van der Waals surface area contributed by atoms with E-state index in [0.717, 1.165) is 12.1 Å². The van der Waals surface area contributed by atoms with Crippen molar-refractivity contribution in [1.82, 2.24) is 10.0 Å². The van der Waals surface area contributed by atoms with Gasteiger partial charge in [0.05, 0.1) is 17.0 Å². The van der Waals surface area contributed by atoms with Crippen LogP contribution < -0.4 is 10.0 Å². The Hall–Kier alpha value is -2.00. The Labute approximate surface area is 114 Å². The topological polar surface area (TPSA) is 113 Å². The van der Waals surface area contributed by atoms with E-state index in [1.54, 1.807) is 6.92 Å². The first-order valence-electron chi connectivity index (χ1n) is 5.57. The van der Waals surface area contributed by atoms with Gasteiger partial charge in [0.1, 0.15) is 5.82 Å². The molecule has 1 aromatic carbocycles. The molecule has 0 radical (unpaired) electrons. The van der Waals surface area contributed by atoms with Crippen molar-refractivity contribution in [3.8, 4) is 0 Å². The van der Waals surface area contributed by atoms with Gasteiger partial charge in [-0.1, -0.05) is 0 Å². The van der Waals surface area contributed by atoms with Crippen LogP contribution in [0.2, 0.25) is 0 Å². The van der Waals surface area contributed by atoms with E-state index in [2.05, 4.69) is 5.32 Å². The van der Waals surface area contributed by atoms with E-state index < -0.39 is 44.7 Å². The third kappa shape index (κ3) is 4.00. The molecule has 3 N–H and O–H groups in total. The summed E-state index contributed by atoms with van der Waals surface area (Å²) in [5, 5.41) is 11.1. The number of hydrogen-bond acceptors (Lipinski definition) is 4. The van der Waals surface area contributed by atoms with Gasteiger partial charge in [0.15, 0.2) is 0 Å². The fourth-order valence-corrected chi connectivity index (χ4v) is 2.35. The first kappa shape index (κ1) is 16.1. The molecule has 1 amide bonds. The van der Waals surface area contributed by atoms with Gasteiger partial charge in [-0.05, 0) is 25.1 Å². The number of carbonyl (C=O) groups is 2. The zero-order chi connectivity index (χ0) is 15.3. The molecule has 0 fully saturated rings. The number of carboxylic acids is 1. The van der Waals surface area contributed by atoms with Crippen molar-refractivity contribution >= 4 is 21.9 Å². The molecule has 0 saturated carbocycles. The standard InChI is InChI=1S/C11H13FN2O5S/c1-2-13-10(15)6-14-20(18,19)7-3-4-9(12)8(5-7)11(16)17/h3-5,14H,2,6H2,1H3,(H,13,15)(H,16,17). The van der Waals surface area contributed by atoms with Gasteiger partial charge in [-0.15, -0.1) is 0 Å². The van der Waals surface area contributed by atoms with Crippen LogP contribution in [0.4, 0.5) is 4.39 Å². The molecular formula is C11H13FN2O5S. The third-order valence-electron chi connectivity index (χ3n) is 2.28. The lowest BCUT2D eigenvalue weighted by molar-refractivity contribution is -0.119. The molecule has 0 unspecified atom stereocenters. The number of likely N-dealkylation sites (N-methyl/N-ethyl adjacent to an activating group) is 1. The number of sulfonamides is 1. The molecule has 0 heterocycles. The number of carbonyl (C=O) groups excluding carboxylic acids is 1. The summed E-state index contributed by atoms with van der Waals surface area (Å²) >= 11 is 0. The Balaban J connectivity index is 2.96. The van der Waals surface area contributed by atoms with Crippen LogP contribution in [0, 0.1) is 5.82 Å². The molecule has 0 aromatic heterocycles. The maximum atomic E-state index is 13.2. The maximum absolute atomic E-state index is 13.2. The van der Waals surface area contributed by atoms with Gasteiger partial charge in [-0.2, -0.15) is 0 Å².